The van der Waals surface area contributed by atoms with E-state index in [1.807, 2.05) is 49.5 Å². The minimum Gasteiger partial charge on any atom is -0.387 e. The van der Waals surface area contributed by atoms with Gasteiger partial charge in [-0.3, -0.25) is 0 Å². The summed E-state index contributed by atoms with van der Waals surface area (Å²) in [5.74, 6) is 0. The molecule has 0 atom stereocenters. The van der Waals surface area contributed by atoms with Crippen LogP contribution in [0.15, 0.2) is 60.7 Å². The van der Waals surface area contributed by atoms with Crippen molar-refractivity contribution in [3.05, 3.63) is 70.7 Å². The summed E-state index contributed by atoms with van der Waals surface area (Å²) in [6, 6.07) is 19.7. The molecule has 0 unspecified atom stereocenters. The van der Waals surface area contributed by atoms with Gasteiger partial charge in [-0.25, -0.2) is 4.98 Å². The quantitative estimate of drug-likeness (QED) is 0.406. The molecule has 2 N–H and O–H groups in total. The Kier molecular flexibility index (Phi) is 4.12. The number of aromatic nitrogens is 1. The number of fused-ring (bicyclic) bond motifs is 2. The Morgan fingerprint density at radius 1 is 0.760 bits per heavy atom. The molecule has 0 saturated carbocycles. The van der Waals surface area contributed by atoms with Crippen LogP contribution < -0.4 is 10.6 Å². The lowest BCUT2D eigenvalue weighted by atomic mass is 10.1. The summed E-state index contributed by atoms with van der Waals surface area (Å²) in [5, 5.41) is 9.91. The zero-order chi connectivity index (χ0) is 17.4. The minimum absolute atomic E-state index is 0.524. The number of anilines is 3. The van der Waals surface area contributed by atoms with E-state index in [4.69, 9.17) is 28.2 Å². The average molecular weight is 368 g/mol. The summed E-state index contributed by atoms with van der Waals surface area (Å²) < 4.78 is 0. The maximum absolute atomic E-state index is 6.10. The number of pyridine rings is 1. The van der Waals surface area contributed by atoms with E-state index >= 15 is 0 Å². The van der Waals surface area contributed by atoms with Gasteiger partial charge >= 0.3 is 0 Å². The molecule has 4 aromatic rings. The predicted octanol–water partition coefficient (Wildman–Crippen LogP) is 6.48. The number of para-hydroxylation sites is 1. The van der Waals surface area contributed by atoms with Crippen molar-refractivity contribution in [1.29, 1.82) is 0 Å². The van der Waals surface area contributed by atoms with Gasteiger partial charge in [-0.15, -0.1) is 0 Å². The van der Waals surface area contributed by atoms with Gasteiger partial charge in [0.15, 0.2) is 0 Å². The van der Waals surface area contributed by atoms with E-state index in [1.165, 1.54) is 0 Å². The SMILES string of the molecule is CNc1c2ccccc2nc2ccc(Nc3ccc(Cl)c(Cl)c3)cc12. The summed E-state index contributed by atoms with van der Waals surface area (Å²) in [5.41, 5.74) is 4.83. The minimum atomic E-state index is 0.524. The van der Waals surface area contributed by atoms with Gasteiger partial charge in [0.25, 0.3) is 0 Å². The van der Waals surface area contributed by atoms with Gasteiger partial charge in [0.05, 0.1) is 26.8 Å². The third-order valence-corrected chi connectivity index (χ3v) is 4.88. The molecule has 3 nitrogen and oxygen atoms in total. The molecule has 0 aliphatic heterocycles. The normalized spacial score (nSPS) is 11.0. The van der Waals surface area contributed by atoms with Gasteiger partial charge in [-0.2, -0.15) is 0 Å². The van der Waals surface area contributed by atoms with E-state index in [0.717, 1.165) is 38.9 Å². The number of halogens is 2. The first-order valence-corrected chi connectivity index (χ1v) is 8.63. The van der Waals surface area contributed by atoms with Gasteiger partial charge in [-0.05, 0) is 42.5 Å². The first kappa shape index (κ1) is 16.0. The Balaban J connectivity index is 1.83. The standard InChI is InChI=1S/C20H15Cl2N3/c1-23-20-14-4-2-3-5-18(14)25-19-9-7-12(10-15(19)20)24-13-6-8-16(21)17(22)11-13/h2-11,24H,1H3,(H,23,25). The number of hydrogen-bond acceptors (Lipinski definition) is 3. The predicted molar refractivity (Wildman–Crippen MR) is 109 cm³/mol. The molecule has 0 spiro atoms. The van der Waals surface area contributed by atoms with E-state index in [0.29, 0.717) is 10.0 Å². The molecule has 3 aromatic carbocycles. The molecule has 5 heteroatoms. The molecule has 0 aliphatic rings. The van der Waals surface area contributed by atoms with Crippen molar-refractivity contribution in [2.75, 3.05) is 17.7 Å². The van der Waals surface area contributed by atoms with Crippen LogP contribution in [0.2, 0.25) is 10.0 Å². The lowest BCUT2D eigenvalue weighted by molar-refractivity contribution is 1.47. The summed E-state index contributed by atoms with van der Waals surface area (Å²) in [6.07, 6.45) is 0. The molecule has 0 fully saturated rings. The van der Waals surface area contributed by atoms with E-state index in [2.05, 4.69) is 22.8 Å². The molecule has 124 valence electrons. The summed E-state index contributed by atoms with van der Waals surface area (Å²) in [7, 11) is 1.93. The summed E-state index contributed by atoms with van der Waals surface area (Å²) in [6.45, 7) is 0. The van der Waals surface area contributed by atoms with Crippen LogP contribution in [0.5, 0.6) is 0 Å². The Labute approximate surface area is 155 Å². The van der Waals surface area contributed by atoms with E-state index < -0.39 is 0 Å². The third kappa shape index (κ3) is 2.97. The van der Waals surface area contributed by atoms with Crippen molar-refractivity contribution in [2.24, 2.45) is 0 Å². The lowest BCUT2D eigenvalue weighted by Gasteiger charge is -2.13. The Morgan fingerprint density at radius 2 is 1.48 bits per heavy atom. The fraction of sp³-hybridized carbons (Fsp3) is 0.0500. The van der Waals surface area contributed by atoms with Crippen molar-refractivity contribution < 1.29 is 0 Å². The molecular weight excluding hydrogens is 353 g/mol. The highest BCUT2D eigenvalue weighted by Gasteiger charge is 2.09. The van der Waals surface area contributed by atoms with Crippen molar-refractivity contribution in [2.45, 2.75) is 0 Å². The van der Waals surface area contributed by atoms with Crippen molar-refractivity contribution in [1.82, 2.24) is 4.98 Å². The molecule has 0 amide bonds. The maximum Gasteiger partial charge on any atom is 0.0732 e. The monoisotopic (exact) mass is 367 g/mol. The second-order valence-corrected chi connectivity index (χ2v) is 6.55. The highest BCUT2D eigenvalue weighted by molar-refractivity contribution is 6.42. The summed E-state index contributed by atoms with van der Waals surface area (Å²) >= 11 is 12.1. The number of nitrogens with zero attached hydrogens (tertiary/aromatic N) is 1. The van der Waals surface area contributed by atoms with Crippen LogP contribution in [0.25, 0.3) is 21.8 Å². The summed E-state index contributed by atoms with van der Waals surface area (Å²) in [4.78, 5) is 4.75. The van der Waals surface area contributed by atoms with Crippen LogP contribution in [0, 0.1) is 0 Å². The Hall–Kier alpha value is -2.49. The smallest absolute Gasteiger partial charge is 0.0732 e. The van der Waals surface area contributed by atoms with E-state index in [9.17, 15) is 0 Å². The van der Waals surface area contributed by atoms with Gasteiger partial charge in [0, 0.05) is 29.2 Å². The molecule has 1 aromatic heterocycles. The van der Waals surface area contributed by atoms with Crippen LogP contribution in [0.4, 0.5) is 17.1 Å². The zero-order valence-corrected chi connectivity index (χ0v) is 15.0. The molecule has 0 bridgehead atoms. The first-order valence-electron chi connectivity index (χ1n) is 7.88. The van der Waals surface area contributed by atoms with Gasteiger partial charge in [0.1, 0.15) is 0 Å². The first-order chi connectivity index (χ1) is 12.2. The lowest BCUT2D eigenvalue weighted by Crippen LogP contribution is -1.96. The topological polar surface area (TPSA) is 37.0 Å². The number of rotatable bonds is 3. The number of nitrogens with one attached hydrogen (secondary N) is 2. The van der Waals surface area contributed by atoms with Crippen LogP contribution in [0.3, 0.4) is 0 Å². The number of hydrogen-bond donors (Lipinski definition) is 2. The average Bonchev–Trinajstić information content (AvgIpc) is 2.63. The van der Waals surface area contributed by atoms with Gasteiger partial charge < -0.3 is 10.6 Å². The fourth-order valence-corrected chi connectivity index (χ4v) is 3.28. The van der Waals surface area contributed by atoms with Gasteiger partial charge in [0.2, 0.25) is 0 Å². The third-order valence-electron chi connectivity index (χ3n) is 4.14. The molecular formula is C20H15Cl2N3. The maximum atomic E-state index is 6.10. The number of benzene rings is 3. The van der Waals surface area contributed by atoms with Crippen molar-refractivity contribution >= 4 is 62.1 Å². The van der Waals surface area contributed by atoms with Crippen LogP contribution >= 0.6 is 23.2 Å². The fourth-order valence-electron chi connectivity index (χ4n) is 2.98. The van der Waals surface area contributed by atoms with Crippen LogP contribution in [0.1, 0.15) is 0 Å². The van der Waals surface area contributed by atoms with Crippen molar-refractivity contribution in [3.8, 4) is 0 Å². The highest BCUT2D eigenvalue weighted by atomic mass is 35.5. The van der Waals surface area contributed by atoms with Crippen LogP contribution in [-0.4, -0.2) is 12.0 Å². The molecule has 25 heavy (non-hydrogen) atoms. The molecule has 0 aliphatic carbocycles. The molecule has 0 saturated heterocycles. The van der Waals surface area contributed by atoms with Gasteiger partial charge in [-0.1, -0.05) is 41.4 Å². The van der Waals surface area contributed by atoms with E-state index in [-0.39, 0.29) is 0 Å². The largest absolute Gasteiger partial charge is 0.387 e. The van der Waals surface area contributed by atoms with E-state index in [1.54, 1.807) is 6.07 Å². The Morgan fingerprint density at radius 3 is 2.28 bits per heavy atom. The highest BCUT2D eigenvalue weighted by Crippen LogP contribution is 2.33. The Bertz CT molecular complexity index is 1090. The molecule has 1 heterocycles. The van der Waals surface area contributed by atoms with Crippen molar-refractivity contribution in [3.63, 3.8) is 0 Å². The van der Waals surface area contributed by atoms with Crippen LogP contribution in [-0.2, 0) is 0 Å². The zero-order valence-electron chi connectivity index (χ0n) is 13.5. The molecule has 4 rings (SSSR count). The second-order valence-electron chi connectivity index (χ2n) is 5.74. The second kappa shape index (κ2) is 6.43. The molecule has 0 radical (unpaired) electrons.